The van der Waals surface area contributed by atoms with Crippen molar-refractivity contribution in [1.29, 1.82) is 0 Å². The predicted octanol–water partition coefficient (Wildman–Crippen LogP) is 0.289. The van der Waals surface area contributed by atoms with Crippen LogP contribution in [0, 0.1) is 13.8 Å². The van der Waals surface area contributed by atoms with Crippen LogP contribution in [0.5, 0.6) is 0 Å². The molecule has 1 aromatic heterocycles. The summed E-state index contributed by atoms with van der Waals surface area (Å²) in [5.41, 5.74) is 7.22. The molecule has 0 amide bonds. The van der Waals surface area contributed by atoms with E-state index >= 15 is 0 Å². The number of hydrogen-bond acceptors (Lipinski definition) is 4. The van der Waals surface area contributed by atoms with Gasteiger partial charge in [-0.1, -0.05) is 0 Å². The maximum absolute atomic E-state index is 4.44. The molecule has 0 saturated carbocycles. The van der Waals surface area contributed by atoms with E-state index in [1.165, 1.54) is 11.3 Å². The summed E-state index contributed by atoms with van der Waals surface area (Å²) in [7, 11) is 4.18. The number of nitrogens with one attached hydrogen (secondary N) is 1. The zero-order valence-electron chi connectivity index (χ0n) is 11.3. The van der Waals surface area contributed by atoms with Gasteiger partial charge in [0.1, 0.15) is 0 Å². The molecule has 0 aromatic carbocycles. The Hall–Kier alpha value is -0.910. The summed E-state index contributed by atoms with van der Waals surface area (Å²) in [6, 6.07) is 0. The second-order valence-electron chi connectivity index (χ2n) is 4.90. The third kappa shape index (κ3) is 2.86. The van der Waals surface area contributed by atoms with Gasteiger partial charge in [-0.05, 0) is 20.9 Å². The second kappa shape index (κ2) is 5.16. The van der Waals surface area contributed by atoms with Gasteiger partial charge >= 0.3 is 0 Å². The molecule has 96 valence electrons. The summed E-state index contributed by atoms with van der Waals surface area (Å²) < 4.78 is 1.95. The SMILES string of the molecule is Cc1nn(C)c(C)c1CNN1CCN(C)CC1. The lowest BCUT2D eigenvalue weighted by Gasteiger charge is -2.32. The van der Waals surface area contributed by atoms with Crippen LogP contribution in [0.1, 0.15) is 17.0 Å². The van der Waals surface area contributed by atoms with Gasteiger partial charge in [0, 0.05) is 51.0 Å². The minimum absolute atomic E-state index is 0.884. The Morgan fingerprint density at radius 1 is 1.12 bits per heavy atom. The molecule has 5 nitrogen and oxygen atoms in total. The Kier molecular flexibility index (Phi) is 3.81. The van der Waals surface area contributed by atoms with Gasteiger partial charge in [0.25, 0.3) is 0 Å². The van der Waals surface area contributed by atoms with Gasteiger partial charge in [-0.15, -0.1) is 0 Å². The highest BCUT2D eigenvalue weighted by Gasteiger charge is 2.15. The maximum atomic E-state index is 4.44. The highest BCUT2D eigenvalue weighted by molar-refractivity contribution is 5.23. The number of piperazine rings is 1. The number of nitrogens with zero attached hydrogens (tertiary/aromatic N) is 4. The Morgan fingerprint density at radius 2 is 1.76 bits per heavy atom. The fourth-order valence-electron chi connectivity index (χ4n) is 2.23. The minimum Gasteiger partial charge on any atom is -0.304 e. The summed E-state index contributed by atoms with van der Waals surface area (Å²) in [6.07, 6.45) is 0. The normalized spacial score (nSPS) is 18.8. The molecule has 0 atom stereocenters. The second-order valence-corrected chi connectivity index (χ2v) is 4.90. The van der Waals surface area contributed by atoms with E-state index in [4.69, 9.17) is 0 Å². The van der Waals surface area contributed by atoms with Crippen molar-refractivity contribution in [3.63, 3.8) is 0 Å². The zero-order chi connectivity index (χ0) is 12.4. The van der Waals surface area contributed by atoms with Crippen LogP contribution in [-0.4, -0.2) is 52.9 Å². The van der Waals surface area contributed by atoms with Gasteiger partial charge in [-0.3, -0.25) is 10.1 Å². The average Bonchev–Trinajstić information content (AvgIpc) is 2.54. The quantitative estimate of drug-likeness (QED) is 0.820. The monoisotopic (exact) mass is 237 g/mol. The van der Waals surface area contributed by atoms with Crippen molar-refractivity contribution in [2.24, 2.45) is 7.05 Å². The molecule has 1 N–H and O–H groups in total. The van der Waals surface area contributed by atoms with Crippen molar-refractivity contribution in [1.82, 2.24) is 25.1 Å². The molecule has 0 radical (unpaired) electrons. The first-order chi connectivity index (χ1) is 8.08. The van der Waals surface area contributed by atoms with Crippen LogP contribution in [0.25, 0.3) is 0 Å². The third-order valence-corrected chi connectivity index (χ3v) is 3.64. The summed E-state index contributed by atoms with van der Waals surface area (Å²) in [6.45, 7) is 9.55. The molecule has 0 aliphatic carbocycles. The van der Waals surface area contributed by atoms with E-state index in [2.05, 4.69) is 41.3 Å². The van der Waals surface area contributed by atoms with Gasteiger partial charge in [0.05, 0.1) is 5.69 Å². The zero-order valence-corrected chi connectivity index (χ0v) is 11.3. The van der Waals surface area contributed by atoms with Gasteiger partial charge in [0.15, 0.2) is 0 Å². The molecular weight excluding hydrogens is 214 g/mol. The van der Waals surface area contributed by atoms with Gasteiger partial charge in [-0.25, -0.2) is 5.01 Å². The van der Waals surface area contributed by atoms with Crippen LogP contribution in [0.4, 0.5) is 0 Å². The molecule has 1 aliphatic heterocycles. The lowest BCUT2D eigenvalue weighted by molar-refractivity contribution is 0.102. The van der Waals surface area contributed by atoms with Crippen molar-refractivity contribution in [2.75, 3.05) is 33.2 Å². The molecular formula is C12H23N5. The summed E-state index contributed by atoms with van der Waals surface area (Å²) >= 11 is 0. The topological polar surface area (TPSA) is 36.3 Å². The van der Waals surface area contributed by atoms with E-state index < -0.39 is 0 Å². The largest absolute Gasteiger partial charge is 0.304 e. The average molecular weight is 237 g/mol. The van der Waals surface area contributed by atoms with Crippen molar-refractivity contribution in [2.45, 2.75) is 20.4 Å². The number of rotatable bonds is 3. The van der Waals surface area contributed by atoms with Crippen LogP contribution >= 0.6 is 0 Å². The lowest BCUT2D eigenvalue weighted by Crippen LogP contribution is -2.50. The molecule has 17 heavy (non-hydrogen) atoms. The summed E-state index contributed by atoms with van der Waals surface area (Å²) in [4.78, 5) is 2.36. The van der Waals surface area contributed by atoms with E-state index in [0.717, 1.165) is 38.4 Å². The Balaban J connectivity index is 1.89. The summed E-state index contributed by atoms with van der Waals surface area (Å²) in [5.74, 6) is 0. The van der Waals surface area contributed by atoms with E-state index in [1.807, 2.05) is 11.7 Å². The molecule has 0 bridgehead atoms. The fourth-order valence-corrected chi connectivity index (χ4v) is 2.23. The van der Waals surface area contributed by atoms with Crippen molar-refractivity contribution in [3.8, 4) is 0 Å². The molecule has 0 unspecified atom stereocenters. The van der Waals surface area contributed by atoms with Crippen molar-refractivity contribution in [3.05, 3.63) is 17.0 Å². The van der Waals surface area contributed by atoms with Gasteiger partial charge in [-0.2, -0.15) is 5.10 Å². The van der Waals surface area contributed by atoms with Crippen molar-refractivity contribution < 1.29 is 0 Å². The highest BCUT2D eigenvalue weighted by atomic mass is 15.5. The van der Waals surface area contributed by atoms with E-state index in [9.17, 15) is 0 Å². The van der Waals surface area contributed by atoms with Gasteiger partial charge < -0.3 is 4.90 Å². The maximum Gasteiger partial charge on any atom is 0.0641 e. The molecule has 1 saturated heterocycles. The van der Waals surface area contributed by atoms with Gasteiger partial charge in [0.2, 0.25) is 0 Å². The van der Waals surface area contributed by atoms with E-state index in [-0.39, 0.29) is 0 Å². The number of aromatic nitrogens is 2. The third-order valence-electron chi connectivity index (χ3n) is 3.64. The molecule has 5 heteroatoms. The Bertz CT molecular complexity index is 376. The van der Waals surface area contributed by atoms with Crippen LogP contribution in [-0.2, 0) is 13.6 Å². The smallest absolute Gasteiger partial charge is 0.0641 e. The first-order valence-electron chi connectivity index (χ1n) is 6.24. The van der Waals surface area contributed by atoms with Crippen LogP contribution < -0.4 is 5.43 Å². The number of hydrazine groups is 1. The number of aryl methyl sites for hydroxylation is 2. The Morgan fingerprint density at radius 3 is 2.29 bits per heavy atom. The first-order valence-corrected chi connectivity index (χ1v) is 6.24. The lowest BCUT2D eigenvalue weighted by atomic mass is 10.2. The Labute approximate surface area is 103 Å². The molecule has 1 aliphatic rings. The van der Waals surface area contributed by atoms with Crippen LogP contribution in [0.15, 0.2) is 0 Å². The predicted molar refractivity (Wildman–Crippen MR) is 68.6 cm³/mol. The standard InChI is InChI=1S/C12H23N5/c1-10-12(11(2)16(4)14-10)9-13-17-7-5-15(3)6-8-17/h13H,5-9H2,1-4H3. The minimum atomic E-state index is 0.884. The molecule has 2 heterocycles. The fraction of sp³-hybridized carbons (Fsp3) is 0.750. The number of likely N-dealkylation sites (N-methyl/N-ethyl adjacent to an activating group) is 1. The first kappa shape index (κ1) is 12.5. The summed E-state index contributed by atoms with van der Waals surface area (Å²) in [5, 5.41) is 6.75. The van der Waals surface area contributed by atoms with E-state index in [1.54, 1.807) is 0 Å². The molecule has 0 spiro atoms. The highest BCUT2D eigenvalue weighted by Crippen LogP contribution is 2.11. The molecule has 1 aromatic rings. The van der Waals surface area contributed by atoms with Crippen LogP contribution in [0.3, 0.4) is 0 Å². The molecule has 2 rings (SSSR count). The van der Waals surface area contributed by atoms with Crippen LogP contribution in [0.2, 0.25) is 0 Å². The van der Waals surface area contributed by atoms with Crippen molar-refractivity contribution >= 4 is 0 Å². The number of hydrogen-bond donors (Lipinski definition) is 1. The van der Waals surface area contributed by atoms with E-state index in [0.29, 0.717) is 0 Å². The molecule has 1 fully saturated rings.